The molecule has 0 radical (unpaired) electrons. The van der Waals surface area contributed by atoms with Crippen molar-refractivity contribution in [1.29, 1.82) is 0 Å². The number of carbonyl (C=O) groups is 2. The number of aromatic nitrogens is 2. The molecule has 0 saturated carbocycles. The Morgan fingerprint density at radius 1 is 1.10 bits per heavy atom. The van der Waals surface area contributed by atoms with Crippen molar-refractivity contribution in [1.82, 2.24) is 9.78 Å². The van der Waals surface area contributed by atoms with Crippen molar-refractivity contribution < 1.29 is 29.3 Å². The van der Waals surface area contributed by atoms with E-state index in [-0.39, 0.29) is 22.6 Å². The first kappa shape index (κ1) is 14.4. The van der Waals surface area contributed by atoms with Crippen LogP contribution in [0.1, 0.15) is 20.7 Å². The second-order valence-electron chi connectivity index (χ2n) is 4.01. The molecule has 110 valence electrons. The molecule has 2 rings (SSSR count). The number of nitrogens with zero attached hydrogens (tertiary/aromatic N) is 2. The maximum Gasteiger partial charge on any atom is 0.338 e. The maximum absolute atomic E-state index is 11.3. The third kappa shape index (κ3) is 2.64. The van der Waals surface area contributed by atoms with Crippen molar-refractivity contribution in [2.75, 3.05) is 14.2 Å². The average Bonchev–Trinajstić information content (AvgIpc) is 2.95. The summed E-state index contributed by atoms with van der Waals surface area (Å²) in [5, 5.41) is 22.0. The van der Waals surface area contributed by atoms with Crippen molar-refractivity contribution in [2.45, 2.75) is 0 Å². The molecule has 2 N–H and O–H groups in total. The largest absolute Gasteiger partial charge is 0.493 e. The molecular formula is C13H12N2O6. The summed E-state index contributed by atoms with van der Waals surface area (Å²) >= 11 is 0. The van der Waals surface area contributed by atoms with Gasteiger partial charge in [-0.25, -0.2) is 14.3 Å². The second kappa shape index (κ2) is 5.53. The molecule has 0 aliphatic carbocycles. The van der Waals surface area contributed by atoms with E-state index in [0.717, 1.165) is 10.9 Å². The molecule has 1 aromatic carbocycles. The van der Waals surface area contributed by atoms with Crippen LogP contribution in [-0.4, -0.2) is 46.2 Å². The Kier molecular flexibility index (Phi) is 3.79. The normalized spacial score (nSPS) is 10.2. The highest BCUT2D eigenvalue weighted by Crippen LogP contribution is 2.32. The SMILES string of the molecule is COc1cc(C(=O)O)c(-n2cc(C(=O)O)cn2)cc1OC. The second-order valence-corrected chi connectivity index (χ2v) is 4.01. The Morgan fingerprint density at radius 3 is 2.19 bits per heavy atom. The number of hydrogen-bond acceptors (Lipinski definition) is 5. The molecule has 1 aromatic heterocycles. The van der Waals surface area contributed by atoms with Gasteiger partial charge in [-0.1, -0.05) is 0 Å². The van der Waals surface area contributed by atoms with Gasteiger partial charge in [0.1, 0.15) is 0 Å². The predicted octanol–water partition coefficient (Wildman–Crippen LogP) is 1.29. The summed E-state index contributed by atoms with van der Waals surface area (Å²) in [5.41, 5.74) is 0.0291. The predicted molar refractivity (Wildman–Crippen MR) is 70.6 cm³/mol. The molecule has 0 atom stereocenters. The van der Waals surface area contributed by atoms with Crippen LogP contribution in [0.25, 0.3) is 5.69 Å². The van der Waals surface area contributed by atoms with E-state index in [9.17, 15) is 14.7 Å². The molecule has 0 bridgehead atoms. The topological polar surface area (TPSA) is 111 Å². The Morgan fingerprint density at radius 2 is 1.71 bits per heavy atom. The van der Waals surface area contributed by atoms with Gasteiger partial charge in [0, 0.05) is 18.3 Å². The summed E-state index contributed by atoms with van der Waals surface area (Å²) in [6.07, 6.45) is 2.35. The third-order valence-electron chi connectivity index (χ3n) is 2.81. The van der Waals surface area contributed by atoms with E-state index in [1.807, 2.05) is 0 Å². The van der Waals surface area contributed by atoms with E-state index in [1.165, 1.54) is 32.5 Å². The van der Waals surface area contributed by atoms with Crippen molar-refractivity contribution in [3.05, 3.63) is 35.7 Å². The van der Waals surface area contributed by atoms with E-state index in [0.29, 0.717) is 5.75 Å². The lowest BCUT2D eigenvalue weighted by Gasteiger charge is -2.12. The molecule has 21 heavy (non-hydrogen) atoms. The molecule has 0 spiro atoms. The summed E-state index contributed by atoms with van der Waals surface area (Å²) in [4.78, 5) is 22.2. The Balaban J connectivity index is 2.64. The van der Waals surface area contributed by atoms with Gasteiger partial charge in [0.2, 0.25) is 0 Å². The van der Waals surface area contributed by atoms with Crippen LogP contribution in [0.15, 0.2) is 24.5 Å². The fourth-order valence-corrected chi connectivity index (χ4v) is 1.79. The first-order valence-electron chi connectivity index (χ1n) is 5.75. The zero-order valence-electron chi connectivity index (χ0n) is 11.2. The molecule has 1 heterocycles. The summed E-state index contributed by atoms with van der Waals surface area (Å²) < 4.78 is 11.3. The van der Waals surface area contributed by atoms with Crippen LogP contribution in [0.4, 0.5) is 0 Å². The average molecular weight is 292 g/mol. The fourth-order valence-electron chi connectivity index (χ4n) is 1.79. The molecule has 0 aliphatic heterocycles. The first-order chi connectivity index (χ1) is 9.97. The Bertz CT molecular complexity index is 707. The zero-order chi connectivity index (χ0) is 15.6. The van der Waals surface area contributed by atoms with E-state index >= 15 is 0 Å². The van der Waals surface area contributed by atoms with Crippen LogP contribution < -0.4 is 9.47 Å². The van der Waals surface area contributed by atoms with Crippen molar-refractivity contribution in [2.24, 2.45) is 0 Å². The standard InChI is InChI=1S/C13H12N2O6/c1-20-10-3-8(13(18)19)9(4-11(10)21-2)15-6-7(5-14-15)12(16)17/h3-6H,1-2H3,(H,16,17)(H,18,19). The van der Waals surface area contributed by atoms with E-state index < -0.39 is 11.9 Å². The third-order valence-corrected chi connectivity index (χ3v) is 2.81. The summed E-state index contributed by atoms with van der Waals surface area (Å²) in [6.45, 7) is 0. The van der Waals surface area contributed by atoms with Gasteiger partial charge in [-0.05, 0) is 0 Å². The number of carboxylic acid groups (broad SMARTS) is 2. The van der Waals surface area contributed by atoms with Crippen molar-refractivity contribution in [3.63, 3.8) is 0 Å². The minimum atomic E-state index is -1.20. The highest BCUT2D eigenvalue weighted by molar-refractivity contribution is 5.93. The van der Waals surface area contributed by atoms with Crippen molar-refractivity contribution >= 4 is 11.9 Å². The highest BCUT2D eigenvalue weighted by Gasteiger charge is 2.19. The minimum Gasteiger partial charge on any atom is -0.493 e. The fraction of sp³-hybridized carbons (Fsp3) is 0.154. The molecule has 0 fully saturated rings. The number of carboxylic acids is 2. The van der Waals surface area contributed by atoms with Crippen LogP contribution in [0.2, 0.25) is 0 Å². The lowest BCUT2D eigenvalue weighted by Crippen LogP contribution is -2.07. The number of hydrogen-bond donors (Lipinski definition) is 2. The lowest BCUT2D eigenvalue weighted by molar-refractivity contribution is 0.0686. The lowest BCUT2D eigenvalue weighted by atomic mass is 10.1. The van der Waals surface area contributed by atoms with Crippen LogP contribution >= 0.6 is 0 Å². The molecule has 2 aromatic rings. The number of benzene rings is 1. The molecular weight excluding hydrogens is 280 g/mol. The summed E-state index contributed by atoms with van der Waals surface area (Å²) in [7, 11) is 2.80. The van der Waals surface area contributed by atoms with Gasteiger partial charge >= 0.3 is 11.9 Å². The summed E-state index contributed by atoms with van der Waals surface area (Å²) in [6, 6.07) is 2.71. The number of rotatable bonds is 5. The van der Waals surface area contributed by atoms with Crippen LogP contribution in [0, 0.1) is 0 Å². The van der Waals surface area contributed by atoms with Gasteiger partial charge in [-0.15, -0.1) is 0 Å². The van der Waals surface area contributed by atoms with Gasteiger partial charge in [0.25, 0.3) is 0 Å². The van der Waals surface area contributed by atoms with Gasteiger partial charge in [-0.3, -0.25) is 0 Å². The van der Waals surface area contributed by atoms with E-state index in [4.69, 9.17) is 14.6 Å². The van der Waals surface area contributed by atoms with E-state index in [2.05, 4.69) is 5.10 Å². The molecule has 0 saturated heterocycles. The monoisotopic (exact) mass is 292 g/mol. The van der Waals surface area contributed by atoms with Gasteiger partial charge < -0.3 is 19.7 Å². The van der Waals surface area contributed by atoms with Gasteiger partial charge in [-0.2, -0.15) is 5.10 Å². The molecule has 0 unspecified atom stereocenters. The molecule has 0 amide bonds. The molecule has 8 heteroatoms. The smallest absolute Gasteiger partial charge is 0.338 e. The Hall–Kier alpha value is -3.03. The van der Waals surface area contributed by atoms with Gasteiger partial charge in [0.15, 0.2) is 11.5 Å². The molecule has 0 aliphatic rings. The number of methoxy groups -OCH3 is 2. The van der Waals surface area contributed by atoms with Crippen LogP contribution in [0.3, 0.4) is 0 Å². The zero-order valence-corrected chi connectivity index (χ0v) is 11.2. The van der Waals surface area contributed by atoms with Crippen LogP contribution in [-0.2, 0) is 0 Å². The molecule has 8 nitrogen and oxygen atoms in total. The first-order valence-corrected chi connectivity index (χ1v) is 5.75. The highest BCUT2D eigenvalue weighted by atomic mass is 16.5. The van der Waals surface area contributed by atoms with Crippen LogP contribution in [0.5, 0.6) is 11.5 Å². The summed E-state index contributed by atoms with van der Waals surface area (Å²) in [5.74, 6) is -1.79. The number of ether oxygens (including phenoxy) is 2. The number of aromatic carboxylic acids is 2. The minimum absolute atomic E-state index is 0.0545. The van der Waals surface area contributed by atoms with Gasteiger partial charge in [0.05, 0.1) is 37.2 Å². The maximum atomic E-state index is 11.3. The van der Waals surface area contributed by atoms with Crippen molar-refractivity contribution in [3.8, 4) is 17.2 Å². The Labute approximate surface area is 119 Å². The van der Waals surface area contributed by atoms with E-state index in [1.54, 1.807) is 0 Å². The quantitative estimate of drug-likeness (QED) is 0.854.